The topological polar surface area (TPSA) is 95.9 Å². The lowest BCUT2D eigenvalue weighted by Crippen LogP contribution is -2.55. The number of nitrogens with one attached hydrogen (secondary N) is 1. The molecule has 0 aliphatic carbocycles. The Morgan fingerprint density at radius 3 is 2.00 bits per heavy atom. The molecule has 0 rings (SSSR count). The van der Waals surface area contributed by atoms with E-state index in [1.165, 1.54) is 0 Å². The summed E-state index contributed by atoms with van der Waals surface area (Å²) in [6.45, 7) is 11.5. The van der Waals surface area contributed by atoms with Crippen molar-refractivity contribution in [3.63, 3.8) is 0 Å². The van der Waals surface area contributed by atoms with Crippen LogP contribution in [0, 0.1) is 0 Å². The zero-order valence-corrected chi connectivity index (χ0v) is 10.8. The molecule has 102 valence electrons. The fraction of sp³-hybridized carbons (Fsp3) is 0.500. The summed E-state index contributed by atoms with van der Waals surface area (Å²) in [6, 6.07) is -1.62. The molecule has 1 amide bonds. The van der Waals surface area contributed by atoms with E-state index < -0.39 is 29.3 Å². The van der Waals surface area contributed by atoms with Gasteiger partial charge in [-0.15, -0.1) is 0 Å². The number of aliphatic hydroxyl groups is 1. The molecule has 3 N–H and O–H groups in total. The van der Waals surface area contributed by atoms with Crippen LogP contribution in [0.15, 0.2) is 25.3 Å². The van der Waals surface area contributed by atoms with Crippen LogP contribution in [0.5, 0.6) is 0 Å². The summed E-state index contributed by atoms with van der Waals surface area (Å²) in [5.41, 5.74) is -2.73. The maximum absolute atomic E-state index is 11.5. The molecule has 0 radical (unpaired) electrons. The van der Waals surface area contributed by atoms with Gasteiger partial charge < -0.3 is 20.3 Å². The Hall–Kier alpha value is -1.82. The number of amides is 1. The van der Waals surface area contributed by atoms with Crippen molar-refractivity contribution >= 4 is 12.1 Å². The molecule has 0 aliphatic rings. The molecule has 0 spiro atoms. The minimum absolute atomic E-state index is 0.770. The van der Waals surface area contributed by atoms with Crippen molar-refractivity contribution in [3.8, 4) is 0 Å². The van der Waals surface area contributed by atoms with Gasteiger partial charge in [0.1, 0.15) is 11.2 Å². The summed E-state index contributed by atoms with van der Waals surface area (Å²) in [4.78, 5) is 22.5. The summed E-state index contributed by atoms with van der Waals surface area (Å²) in [5.74, 6) is -1.43. The first kappa shape index (κ1) is 16.2. The number of hydrogen-bond donors (Lipinski definition) is 3. The lowest BCUT2D eigenvalue weighted by Gasteiger charge is -2.29. The van der Waals surface area contributed by atoms with Gasteiger partial charge in [-0.25, -0.2) is 9.59 Å². The molecule has 0 bridgehead atoms. The fourth-order valence-electron chi connectivity index (χ4n) is 1.12. The fourth-order valence-corrected chi connectivity index (χ4v) is 1.12. The van der Waals surface area contributed by atoms with Crippen LogP contribution in [-0.4, -0.2) is 39.5 Å². The normalized spacial score (nSPS) is 13.3. The van der Waals surface area contributed by atoms with Gasteiger partial charge in [0.05, 0.1) is 0 Å². The van der Waals surface area contributed by atoms with E-state index in [0.29, 0.717) is 0 Å². The smallest absolute Gasteiger partial charge is 0.408 e. The van der Waals surface area contributed by atoms with E-state index in [9.17, 15) is 14.7 Å². The molecule has 0 aromatic rings. The van der Waals surface area contributed by atoms with Gasteiger partial charge in [-0.2, -0.15) is 0 Å². The summed E-state index contributed by atoms with van der Waals surface area (Å²) in [6.07, 6.45) is 1.02. The molecule has 0 fully saturated rings. The van der Waals surface area contributed by atoms with Gasteiger partial charge >= 0.3 is 12.1 Å². The van der Waals surface area contributed by atoms with E-state index in [4.69, 9.17) is 9.84 Å². The molecule has 0 heterocycles. The zero-order valence-electron chi connectivity index (χ0n) is 10.8. The molecule has 1 atom stereocenters. The number of aliphatic carboxylic acids is 1. The van der Waals surface area contributed by atoms with E-state index >= 15 is 0 Å². The highest BCUT2D eigenvalue weighted by Crippen LogP contribution is 2.15. The number of ether oxygens (including phenoxy) is 1. The van der Waals surface area contributed by atoms with E-state index in [1.807, 2.05) is 0 Å². The van der Waals surface area contributed by atoms with Crippen LogP contribution in [0.4, 0.5) is 4.79 Å². The summed E-state index contributed by atoms with van der Waals surface area (Å²) in [7, 11) is 0. The third-order valence-corrected chi connectivity index (χ3v) is 2.02. The molecular weight excluding hydrogens is 238 g/mol. The monoisotopic (exact) mass is 257 g/mol. The number of hydrogen-bond acceptors (Lipinski definition) is 4. The lowest BCUT2D eigenvalue weighted by molar-refractivity contribution is -0.143. The predicted octanol–water partition coefficient (Wildman–Crippen LogP) is 1.07. The van der Waals surface area contributed by atoms with Crippen molar-refractivity contribution in [1.82, 2.24) is 5.32 Å². The number of carbonyl (C=O) groups excluding carboxylic acids is 1. The van der Waals surface area contributed by atoms with Crippen molar-refractivity contribution < 1.29 is 24.5 Å². The van der Waals surface area contributed by atoms with Gasteiger partial charge in [0.25, 0.3) is 0 Å². The Morgan fingerprint density at radius 1 is 1.28 bits per heavy atom. The number of carboxylic acids is 1. The standard InChI is InChI=1S/C12H19NO5/c1-6-12(17,7-2)8(9(14)15)13-10(16)18-11(3,4)5/h6-8,17H,1-2H2,3-5H3,(H,13,16)(H,14,15)/t8-/m1/s1. The Kier molecular flexibility index (Phi) is 5.11. The van der Waals surface area contributed by atoms with E-state index in [-0.39, 0.29) is 0 Å². The van der Waals surface area contributed by atoms with Crippen molar-refractivity contribution in [2.45, 2.75) is 38.0 Å². The molecule has 0 aromatic carbocycles. The second-order valence-electron chi connectivity index (χ2n) is 4.71. The zero-order chi connectivity index (χ0) is 14.6. The highest BCUT2D eigenvalue weighted by Gasteiger charge is 2.39. The summed E-state index contributed by atoms with van der Waals surface area (Å²) >= 11 is 0. The van der Waals surface area contributed by atoms with Gasteiger partial charge in [0, 0.05) is 0 Å². The lowest BCUT2D eigenvalue weighted by atomic mass is 9.94. The number of rotatable bonds is 5. The van der Waals surface area contributed by atoms with Crippen LogP contribution in [0.3, 0.4) is 0 Å². The summed E-state index contributed by atoms with van der Waals surface area (Å²) < 4.78 is 4.91. The Labute approximate surface area is 106 Å². The van der Waals surface area contributed by atoms with Gasteiger partial charge in [-0.1, -0.05) is 25.3 Å². The molecule has 18 heavy (non-hydrogen) atoms. The average Bonchev–Trinajstić information content (AvgIpc) is 2.22. The third-order valence-electron chi connectivity index (χ3n) is 2.02. The maximum atomic E-state index is 11.5. The highest BCUT2D eigenvalue weighted by atomic mass is 16.6. The number of carboxylic acid groups (broad SMARTS) is 1. The quantitative estimate of drug-likeness (QED) is 0.640. The number of alkyl carbamates (subject to hydrolysis) is 1. The summed E-state index contributed by atoms with van der Waals surface area (Å²) in [5, 5.41) is 21.0. The molecule has 0 unspecified atom stereocenters. The van der Waals surface area contributed by atoms with Gasteiger partial charge in [-0.3, -0.25) is 0 Å². The molecular formula is C12H19NO5. The Balaban J connectivity index is 4.96. The first-order chi connectivity index (χ1) is 8.05. The molecule has 0 aromatic heterocycles. The largest absolute Gasteiger partial charge is 0.480 e. The highest BCUT2D eigenvalue weighted by molar-refractivity contribution is 5.82. The van der Waals surface area contributed by atoms with Crippen molar-refractivity contribution in [2.24, 2.45) is 0 Å². The van der Waals surface area contributed by atoms with Crippen molar-refractivity contribution in [1.29, 1.82) is 0 Å². The van der Waals surface area contributed by atoms with E-state index in [2.05, 4.69) is 18.5 Å². The Bertz CT molecular complexity index is 348. The first-order valence-corrected chi connectivity index (χ1v) is 5.27. The minimum Gasteiger partial charge on any atom is -0.480 e. The van der Waals surface area contributed by atoms with Crippen LogP contribution in [0.25, 0.3) is 0 Å². The predicted molar refractivity (Wildman–Crippen MR) is 66.1 cm³/mol. The molecule has 6 heteroatoms. The minimum atomic E-state index is -1.96. The van der Waals surface area contributed by atoms with Crippen LogP contribution in [-0.2, 0) is 9.53 Å². The Morgan fingerprint density at radius 2 is 1.72 bits per heavy atom. The second kappa shape index (κ2) is 5.68. The van der Waals surface area contributed by atoms with Crippen LogP contribution in [0.2, 0.25) is 0 Å². The maximum Gasteiger partial charge on any atom is 0.408 e. The van der Waals surface area contributed by atoms with Crippen LogP contribution in [0.1, 0.15) is 20.8 Å². The molecule has 0 aliphatic heterocycles. The van der Waals surface area contributed by atoms with Gasteiger partial charge in [0.15, 0.2) is 6.04 Å². The first-order valence-electron chi connectivity index (χ1n) is 5.27. The average molecular weight is 257 g/mol. The third kappa shape index (κ3) is 4.58. The van der Waals surface area contributed by atoms with Crippen LogP contribution >= 0.6 is 0 Å². The second-order valence-corrected chi connectivity index (χ2v) is 4.71. The van der Waals surface area contributed by atoms with Crippen molar-refractivity contribution in [2.75, 3.05) is 0 Å². The SMILES string of the molecule is C=CC(O)(C=C)[C@H](NC(=O)OC(C)(C)C)C(=O)O. The van der Waals surface area contributed by atoms with E-state index in [0.717, 1.165) is 12.2 Å². The van der Waals surface area contributed by atoms with Gasteiger partial charge in [0.2, 0.25) is 0 Å². The van der Waals surface area contributed by atoms with Crippen LogP contribution < -0.4 is 5.32 Å². The van der Waals surface area contributed by atoms with Crippen molar-refractivity contribution in [3.05, 3.63) is 25.3 Å². The van der Waals surface area contributed by atoms with Gasteiger partial charge in [-0.05, 0) is 20.8 Å². The molecule has 0 saturated heterocycles. The van der Waals surface area contributed by atoms with E-state index in [1.54, 1.807) is 20.8 Å². The molecule has 6 nitrogen and oxygen atoms in total. The number of carbonyl (C=O) groups is 2. The molecule has 0 saturated carbocycles.